The average Bonchev–Trinajstić information content (AvgIpc) is 3.72. The van der Waals surface area contributed by atoms with Gasteiger partial charge in [-0.1, -0.05) is 6.07 Å². The molecular weight excluding hydrogens is 960 g/mol. The zero-order valence-corrected chi connectivity index (χ0v) is 37.2. The van der Waals surface area contributed by atoms with Gasteiger partial charge in [-0.05, 0) is 54.7 Å². The van der Waals surface area contributed by atoms with Gasteiger partial charge in [0.1, 0.15) is 59.3 Å². The van der Waals surface area contributed by atoms with E-state index in [2.05, 4.69) is 20.9 Å². The van der Waals surface area contributed by atoms with Crippen molar-refractivity contribution in [2.45, 2.75) is 79.7 Å². The number of nitrogens with one attached hydrogen (secondary N) is 3. The van der Waals surface area contributed by atoms with Gasteiger partial charge in [0.25, 0.3) is 5.79 Å². The summed E-state index contributed by atoms with van der Waals surface area (Å²) in [6.45, 7) is -0.678. The molecular formula is C41H43N6O20PS. The van der Waals surface area contributed by atoms with Crippen LogP contribution in [0.4, 0.5) is 11.5 Å². The van der Waals surface area contributed by atoms with E-state index < -0.39 is 117 Å². The number of benzene rings is 3. The summed E-state index contributed by atoms with van der Waals surface area (Å²) in [5.41, 5.74) is 4.45. The number of phenols is 2. The number of aliphatic hydroxyl groups excluding tert-OH is 5. The molecule has 69 heavy (non-hydrogen) atoms. The molecule has 0 aliphatic carbocycles. The van der Waals surface area contributed by atoms with E-state index in [0.717, 1.165) is 17.7 Å². The Morgan fingerprint density at radius 3 is 2.28 bits per heavy atom. The molecule has 4 aromatic rings. The van der Waals surface area contributed by atoms with E-state index in [1.165, 1.54) is 48.5 Å². The van der Waals surface area contributed by atoms with E-state index in [4.69, 9.17) is 45.9 Å². The van der Waals surface area contributed by atoms with Gasteiger partial charge in [-0.3, -0.25) is 13.9 Å². The highest BCUT2D eigenvalue weighted by Crippen LogP contribution is 2.57. The zero-order valence-electron chi connectivity index (χ0n) is 35.5. The van der Waals surface area contributed by atoms with Crippen LogP contribution in [0.3, 0.4) is 0 Å². The first-order valence-electron chi connectivity index (χ1n) is 20.6. The molecule has 0 saturated carbocycles. The average molecular weight is 1000 g/mol. The van der Waals surface area contributed by atoms with Gasteiger partial charge >= 0.3 is 25.5 Å². The highest BCUT2D eigenvalue weighted by atomic mass is 32.1. The lowest BCUT2D eigenvalue weighted by molar-refractivity contribution is -0.288. The van der Waals surface area contributed by atoms with Crippen molar-refractivity contribution in [1.29, 1.82) is 0 Å². The van der Waals surface area contributed by atoms with Gasteiger partial charge in [-0.2, -0.15) is 4.98 Å². The van der Waals surface area contributed by atoms with Crippen LogP contribution < -0.4 is 32.1 Å². The predicted octanol–water partition coefficient (Wildman–Crippen LogP) is -1.30. The minimum Gasteiger partial charge on any atom is -0.508 e. The molecule has 2 fully saturated rings. The van der Waals surface area contributed by atoms with E-state index in [9.17, 15) is 69.5 Å². The van der Waals surface area contributed by atoms with Gasteiger partial charge in [-0.15, -0.1) is 0 Å². The number of fused-ring (bicyclic) bond motifs is 6. The van der Waals surface area contributed by atoms with E-state index in [-0.39, 0.29) is 45.2 Å². The van der Waals surface area contributed by atoms with Crippen LogP contribution in [0.25, 0.3) is 0 Å². The summed E-state index contributed by atoms with van der Waals surface area (Å²) in [4.78, 5) is 65.0. The number of carbonyl (C=O) groups is 3. The lowest BCUT2D eigenvalue weighted by Gasteiger charge is -2.46. The number of carboxylic acids is 1. The molecule has 4 aliphatic rings. The third-order valence-electron chi connectivity index (χ3n) is 11.6. The molecule has 8 rings (SSSR count). The lowest BCUT2D eigenvalue weighted by Crippen LogP contribution is -2.68. The van der Waals surface area contributed by atoms with Crippen molar-refractivity contribution in [3.8, 4) is 23.0 Å². The number of ether oxygens (including phenoxy) is 4. The number of carboxylic acid groups (broad SMARTS) is 1. The molecule has 14 N–H and O–H groups in total. The van der Waals surface area contributed by atoms with Crippen LogP contribution in [0.5, 0.6) is 23.0 Å². The fraction of sp³-hybridized carbons (Fsp3) is 0.366. The number of nitrogens with zero attached hydrogens (tertiary/aromatic N) is 2. The predicted molar refractivity (Wildman–Crippen MR) is 233 cm³/mol. The Balaban J connectivity index is 0.943. The van der Waals surface area contributed by atoms with Crippen molar-refractivity contribution >= 4 is 54.5 Å². The maximum atomic E-state index is 13.6. The molecule has 4 aliphatic heterocycles. The smallest absolute Gasteiger partial charge is 0.475 e. The number of rotatable bonds is 13. The number of phenolic OH excluding ortho intramolecular Hbond substituents is 2. The number of nitrogen functional groups attached to an aromatic ring is 1. The summed E-state index contributed by atoms with van der Waals surface area (Å²) < 4.78 is 47.0. The Labute approximate surface area is 393 Å². The molecule has 368 valence electrons. The Kier molecular flexibility index (Phi) is 13.2. The SMILES string of the molecule is CC(=O)N[C@@H]1[C@@H](O)C[C@@](OP(=O)(O)OC[C@H]2O[C@@H](n3ccc(N)nc3=O)[C@H](O)[C@@H]2O)(C(=O)O)O[C@H]1C(O)[C@H](O)CNC(=S)Nc1ccc2c(c1)C(=O)OC21c2ccc(O)cc2Oc2cc(O)ccc21. The number of aliphatic carboxylic acids is 1. The lowest BCUT2D eigenvalue weighted by atomic mass is 9.77. The molecule has 1 aromatic heterocycles. The van der Waals surface area contributed by atoms with Crippen LogP contribution in [-0.2, 0) is 43.0 Å². The fourth-order valence-electron chi connectivity index (χ4n) is 8.49. The molecule has 1 amide bonds. The number of esters is 1. The zero-order chi connectivity index (χ0) is 49.9. The van der Waals surface area contributed by atoms with Gasteiger partial charge < -0.3 is 86.4 Å². The van der Waals surface area contributed by atoms with E-state index >= 15 is 0 Å². The third kappa shape index (κ3) is 9.30. The second kappa shape index (κ2) is 18.5. The van der Waals surface area contributed by atoms with Gasteiger partial charge in [0, 0.05) is 60.6 Å². The number of hydrogen-bond acceptors (Lipinski definition) is 21. The summed E-state index contributed by atoms with van der Waals surface area (Å²) in [7, 11) is -5.66. The van der Waals surface area contributed by atoms with Crippen molar-refractivity contribution in [3.63, 3.8) is 0 Å². The molecule has 2 unspecified atom stereocenters. The van der Waals surface area contributed by atoms with E-state index in [1.807, 2.05) is 0 Å². The van der Waals surface area contributed by atoms with Crippen LogP contribution in [0.15, 0.2) is 71.7 Å². The van der Waals surface area contributed by atoms with Gasteiger partial charge in [0.05, 0.1) is 30.4 Å². The summed E-state index contributed by atoms with van der Waals surface area (Å²) in [5.74, 6) is -7.09. The molecule has 5 heterocycles. The van der Waals surface area contributed by atoms with Crippen molar-refractivity contribution in [2.24, 2.45) is 0 Å². The second-order valence-electron chi connectivity index (χ2n) is 16.3. The van der Waals surface area contributed by atoms with Gasteiger partial charge in [0.2, 0.25) is 5.91 Å². The van der Waals surface area contributed by atoms with Crippen LogP contribution in [0.1, 0.15) is 46.6 Å². The molecule has 3 aromatic carbocycles. The molecule has 2 saturated heterocycles. The van der Waals surface area contributed by atoms with Crippen molar-refractivity contribution in [2.75, 3.05) is 24.2 Å². The Morgan fingerprint density at radius 1 is 1.00 bits per heavy atom. The highest BCUT2D eigenvalue weighted by Gasteiger charge is 2.59. The highest BCUT2D eigenvalue weighted by molar-refractivity contribution is 7.80. The maximum Gasteiger partial charge on any atom is 0.475 e. The number of nitrogens with two attached hydrogens (primary N) is 1. The maximum absolute atomic E-state index is 13.6. The number of phosphoric ester groups is 1. The Bertz CT molecular complexity index is 2790. The largest absolute Gasteiger partial charge is 0.508 e. The second-order valence-corrected chi connectivity index (χ2v) is 18.1. The number of carbonyl (C=O) groups excluding carboxylic acids is 2. The first-order chi connectivity index (χ1) is 32.5. The topological polar surface area (TPSA) is 403 Å². The number of anilines is 2. The number of aliphatic hydroxyl groups is 5. The van der Waals surface area contributed by atoms with E-state index in [1.54, 1.807) is 12.1 Å². The molecule has 26 nitrogen and oxygen atoms in total. The van der Waals surface area contributed by atoms with Crippen LogP contribution in [0, 0.1) is 0 Å². The first-order valence-corrected chi connectivity index (χ1v) is 22.5. The summed E-state index contributed by atoms with van der Waals surface area (Å²) in [6.07, 6.45) is -15.2. The summed E-state index contributed by atoms with van der Waals surface area (Å²) in [5, 5.41) is 93.1. The summed E-state index contributed by atoms with van der Waals surface area (Å²) >= 11 is 5.40. The van der Waals surface area contributed by atoms with Crippen molar-refractivity contribution < 1.29 is 92.7 Å². The number of phosphoric acid groups is 1. The minimum absolute atomic E-state index is 0.0965. The minimum atomic E-state index is -5.66. The quantitative estimate of drug-likeness (QED) is 0.0421. The molecule has 1 spiro atoms. The Hall–Kier alpha value is -6.33. The monoisotopic (exact) mass is 1000 g/mol. The third-order valence-corrected chi connectivity index (χ3v) is 12.9. The van der Waals surface area contributed by atoms with Crippen LogP contribution in [0.2, 0.25) is 0 Å². The fourth-order valence-corrected chi connectivity index (χ4v) is 9.64. The molecule has 11 atom stereocenters. The van der Waals surface area contributed by atoms with Crippen molar-refractivity contribution in [3.05, 3.63) is 99.6 Å². The van der Waals surface area contributed by atoms with Gasteiger partial charge in [0.15, 0.2) is 16.9 Å². The van der Waals surface area contributed by atoms with Crippen LogP contribution >= 0.6 is 20.0 Å². The number of aromatic nitrogens is 2. The number of hydrogen-bond donors (Lipinski definition) is 13. The van der Waals surface area contributed by atoms with E-state index in [0.29, 0.717) is 16.7 Å². The molecule has 0 bridgehead atoms. The van der Waals surface area contributed by atoms with Crippen molar-refractivity contribution in [1.82, 2.24) is 20.2 Å². The normalized spacial score (nSPS) is 27.1. The Morgan fingerprint density at radius 2 is 1.65 bits per heavy atom. The first kappa shape index (κ1) is 49.1. The number of aromatic hydroxyl groups is 2. The van der Waals surface area contributed by atoms with Crippen LogP contribution in [-0.4, -0.2) is 146 Å². The number of amides is 1. The summed E-state index contributed by atoms with van der Waals surface area (Å²) in [6, 6.07) is 12.6. The standard InChI is InChI=1S/C41H43N6O20PS/c1-16(48)44-30-24(51)13-40(37(57)58,67-68(60,61)62-15-28-32(54)33(55)35(64-28)47-9-8-29(42)46-39(47)59)65-34(30)31(53)25(52)14-43-38(69)45-17-2-5-21-20(10-17)36(56)66-41(21)22-6-3-18(49)11-26(22)63-27-12-19(50)4-7-23(27)41/h2-12,24-25,28,30-35,49-55H,13-15H2,1H3,(H,44,48)(H,57,58)(H,60,61)(H2,42,46,59)(H2,43,45,69)/t24-,25+,28+,30+,31?,32+,33+,34+,35+,40+/m0/s1. The molecule has 0 radical (unpaired) electrons. The molecule has 28 heteroatoms. The van der Waals surface area contributed by atoms with Gasteiger partial charge in [-0.25, -0.2) is 23.5 Å². The number of thiocarbonyl (C=S) groups is 1.